The lowest BCUT2D eigenvalue weighted by atomic mass is 10.1. The summed E-state index contributed by atoms with van der Waals surface area (Å²) in [6.45, 7) is 0. The van der Waals surface area contributed by atoms with Crippen LogP contribution in [0.15, 0.2) is 83.3 Å². The van der Waals surface area contributed by atoms with E-state index < -0.39 is 0 Å². The largest absolute Gasteiger partial charge is 0.416 e. The van der Waals surface area contributed by atoms with Gasteiger partial charge in [0.1, 0.15) is 0 Å². The van der Waals surface area contributed by atoms with Crippen molar-refractivity contribution in [1.29, 1.82) is 5.26 Å². The molecule has 0 spiro atoms. The molecule has 0 saturated heterocycles. The Kier molecular flexibility index (Phi) is 4.47. The molecule has 27 heavy (non-hydrogen) atoms. The van der Waals surface area contributed by atoms with Gasteiger partial charge >= 0.3 is 0 Å². The zero-order chi connectivity index (χ0) is 18.5. The average Bonchev–Trinajstić information content (AvgIpc) is 3.24. The highest BCUT2D eigenvalue weighted by Gasteiger charge is 2.10. The van der Waals surface area contributed by atoms with Crippen LogP contribution in [-0.4, -0.2) is 10.2 Å². The Bertz CT molecular complexity index is 1160. The highest BCUT2D eigenvalue weighted by molar-refractivity contribution is 5.59. The molecule has 0 saturated carbocycles. The Morgan fingerprint density at radius 3 is 1.59 bits per heavy atom. The second-order valence-corrected chi connectivity index (χ2v) is 5.79. The second kappa shape index (κ2) is 7.39. The predicted octanol–water partition coefficient (Wildman–Crippen LogP) is 4.68. The Morgan fingerprint density at radius 1 is 0.593 bits per heavy atom. The van der Waals surface area contributed by atoms with E-state index in [0.29, 0.717) is 17.3 Å². The molecule has 0 atom stereocenters. The van der Waals surface area contributed by atoms with Gasteiger partial charge in [-0.05, 0) is 60.7 Å². The van der Waals surface area contributed by atoms with Crippen molar-refractivity contribution in [3.63, 3.8) is 0 Å². The summed E-state index contributed by atoms with van der Waals surface area (Å²) in [6.07, 6.45) is 0. The highest BCUT2D eigenvalue weighted by Crippen LogP contribution is 2.24. The van der Waals surface area contributed by atoms with Gasteiger partial charge in [-0.3, -0.25) is 0 Å². The van der Waals surface area contributed by atoms with Gasteiger partial charge in [-0.1, -0.05) is 30.0 Å². The van der Waals surface area contributed by atoms with Gasteiger partial charge in [0.2, 0.25) is 11.8 Å². The molecule has 0 aliphatic rings. The zero-order valence-corrected chi connectivity index (χ0v) is 14.3. The van der Waals surface area contributed by atoms with Crippen LogP contribution in [0, 0.1) is 23.2 Å². The lowest BCUT2D eigenvalue weighted by Crippen LogP contribution is -1.80. The summed E-state index contributed by atoms with van der Waals surface area (Å²) in [5.41, 5.74) is 4.08. The molecule has 0 aliphatic carbocycles. The van der Waals surface area contributed by atoms with Crippen molar-refractivity contribution in [2.45, 2.75) is 0 Å². The first-order valence-corrected chi connectivity index (χ1v) is 8.33. The van der Waals surface area contributed by atoms with Gasteiger partial charge in [-0.15, -0.1) is 10.2 Å². The minimum Gasteiger partial charge on any atom is -0.416 e. The van der Waals surface area contributed by atoms with Crippen molar-refractivity contribution in [2.24, 2.45) is 0 Å². The van der Waals surface area contributed by atoms with Crippen molar-refractivity contribution in [3.05, 3.63) is 95.6 Å². The fraction of sp³-hybridized carbons (Fsp3) is 0. The van der Waals surface area contributed by atoms with E-state index in [4.69, 9.17) is 9.68 Å². The van der Waals surface area contributed by atoms with E-state index in [1.807, 2.05) is 54.6 Å². The molecule has 4 nitrogen and oxygen atoms in total. The van der Waals surface area contributed by atoms with E-state index >= 15 is 0 Å². The number of hydrogen-bond donors (Lipinski definition) is 0. The quantitative estimate of drug-likeness (QED) is 0.494. The zero-order valence-electron chi connectivity index (χ0n) is 14.3. The maximum Gasteiger partial charge on any atom is 0.248 e. The van der Waals surface area contributed by atoms with Crippen LogP contribution in [0.1, 0.15) is 16.7 Å². The minimum atomic E-state index is 0.419. The topological polar surface area (TPSA) is 62.7 Å². The van der Waals surface area contributed by atoms with Gasteiger partial charge < -0.3 is 4.42 Å². The SMILES string of the molecule is N#Cc1ccc(-c2nnc(-c3ccc(C#Cc4ccccc4)cc3)o2)cc1. The number of hydrogen-bond acceptors (Lipinski definition) is 4. The first kappa shape index (κ1) is 16.3. The van der Waals surface area contributed by atoms with Crippen LogP contribution >= 0.6 is 0 Å². The Hall–Kier alpha value is -4.15. The van der Waals surface area contributed by atoms with Crippen molar-refractivity contribution >= 4 is 0 Å². The molecule has 0 bridgehead atoms. The van der Waals surface area contributed by atoms with E-state index in [0.717, 1.165) is 22.3 Å². The Morgan fingerprint density at radius 2 is 1.07 bits per heavy atom. The maximum atomic E-state index is 8.87. The summed E-state index contributed by atoms with van der Waals surface area (Å²) in [5.74, 6) is 7.13. The summed E-state index contributed by atoms with van der Waals surface area (Å²) >= 11 is 0. The van der Waals surface area contributed by atoms with Crippen molar-refractivity contribution < 1.29 is 4.42 Å². The molecule has 4 rings (SSSR count). The first-order valence-electron chi connectivity index (χ1n) is 8.33. The monoisotopic (exact) mass is 347 g/mol. The third kappa shape index (κ3) is 3.76. The third-order valence-corrected chi connectivity index (χ3v) is 3.94. The molecule has 1 heterocycles. The molecule has 4 aromatic rings. The number of rotatable bonds is 2. The molecule has 126 valence electrons. The number of benzene rings is 3. The summed E-state index contributed by atoms with van der Waals surface area (Å²) < 4.78 is 5.76. The number of aromatic nitrogens is 2. The van der Waals surface area contributed by atoms with Gasteiger partial charge in [-0.2, -0.15) is 5.26 Å². The molecule has 0 amide bonds. The molecule has 3 aromatic carbocycles. The van der Waals surface area contributed by atoms with Gasteiger partial charge in [0.15, 0.2) is 0 Å². The van der Waals surface area contributed by atoms with Crippen LogP contribution in [0.3, 0.4) is 0 Å². The normalized spacial score (nSPS) is 9.89. The van der Waals surface area contributed by atoms with E-state index in [1.54, 1.807) is 24.3 Å². The Balaban J connectivity index is 1.54. The highest BCUT2D eigenvalue weighted by atomic mass is 16.4. The molecule has 0 aliphatic heterocycles. The molecular formula is C23H13N3O. The molecule has 4 heteroatoms. The minimum absolute atomic E-state index is 0.419. The van der Waals surface area contributed by atoms with Crippen LogP contribution in [-0.2, 0) is 0 Å². The second-order valence-electron chi connectivity index (χ2n) is 5.79. The van der Waals surface area contributed by atoms with E-state index in [2.05, 4.69) is 28.1 Å². The van der Waals surface area contributed by atoms with E-state index in [9.17, 15) is 0 Å². The predicted molar refractivity (Wildman–Crippen MR) is 102 cm³/mol. The van der Waals surface area contributed by atoms with Crippen molar-refractivity contribution in [3.8, 4) is 40.8 Å². The van der Waals surface area contributed by atoms with Crippen LogP contribution in [0.2, 0.25) is 0 Å². The van der Waals surface area contributed by atoms with E-state index in [1.165, 1.54) is 0 Å². The molecule has 1 aromatic heterocycles. The summed E-state index contributed by atoms with van der Waals surface area (Å²) in [7, 11) is 0. The van der Waals surface area contributed by atoms with Gasteiger partial charge in [-0.25, -0.2) is 0 Å². The lowest BCUT2D eigenvalue weighted by Gasteiger charge is -1.96. The molecule has 0 N–H and O–H groups in total. The van der Waals surface area contributed by atoms with Gasteiger partial charge in [0.25, 0.3) is 0 Å². The van der Waals surface area contributed by atoms with Crippen LogP contribution in [0.25, 0.3) is 22.9 Å². The Labute approximate surface area is 156 Å². The number of nitriles is 1. The average molecular weight is 347 g/mol. The van der Waals surface area contributed by atoms with Crippen LogP contribution < -0.4 is 0 Å². The molecule has 0 fully saturated rings. The summed E-state index contributed by atoms with van der Waals surface area (Å²) in [5, 5.41) is 17.1. The van der Waals surface area contributed by atoms with Crippen LogP contribution in [0.5, 0.6) is 0 Å². The number of nitrogens with zero attached hydrogens (tertiary/aromatic N) is 3. The standard InChI is InChI=1S/C23H13N3O/c24-16-19-10-14-21(15-11-19)23-26-25-22(27-23)20-12-8-18(9-13-20)7-6-17-4-2-1-3-5-17/h1-5,8-15H. The van der Waals surface area contributed by atoms with Crippen molar-refractivity contribution in [1.82, 2.24) is 10.2 Å². The lowest BCUT2D eigenvalue weighted by molar-refractivity contribution is 0.584. The fourth-order valence-electron chi connectivity index (χ4n) is 2.51. The van der Waals surface area contributed by atoms with Crippen molar-refractivity contribution in [2.75, 3.05) is 0 Å². The molecule has 0 unspecified atom stereocenters. The maximum absolute atomic E-state index is 8.87. The van der Waals surface area contributed by atoms with E-state index in [-0.39, 0.29) is 0 Å². The molecular weight excluding hydrogens is 334 g/mol. The van der Waals surface area contributed by atoms with Gasteiger partial charge in [0, 0.05) is 22.3 Å². The van der Waals surface area contributed by atoms with Gasteiger partial charge in [0.05, 0.1) is 11.6 Å². The summed E-state index contributed by atoms with van der Waals surface area (Å²) in [4.78, 5) is 0. The first-order chi connectivity index (χ1) is 13.3. The van der Waals surface area contributed by atoms with Crippen LogP contribution in [0.4, 0.5) is 0 Å². The molecule has 0 radical (unpaired) electrons. The third-order valence-electron chi connectivity index (χ3n) is 3.94. The smallest absolute Gasteiger partial charge is 0.248 e. The fourth-order valence-corrected chi connectivity index (χ4v) is 2.51. The summed E-state index contributed by atoms with van der Waals surface area (Å²) in [6, 6.07) is 26.6.